The Morgan fingerprint density at radius 1 is 0.479 bits per heavy atom. The number of aliphatic imine (C=N–C) groups is 1. The van der Waals surface area contributed by atoms with Crippen LogP contribution in [-0.2, 0) is 122 Å². The number of nitrogens with one attached hydrogen (secondary N) is 8. The number of guanidine groups is 2. The van der Waals surface area contributed by atoms with Crippen molar-refractivity contribution in [3.05, 3.63) is 164 Å². The summed E-state index contributed by atoms with van der Waals surface area (Å²) in [6.45, 7) is 11.5. The van der Waals surface area contributed by atoms with E-state index in [1.165, 1.54) is 19.6 Å². The van der Waals surface area contributed by atoms with Gasteiger partial charge in [0.15, 0.2) is 10.1 Å². The van der Waals surface area contributed by atoms with Crippen molar-refractivity contribution < 1.29 is 111 Å². The number of hydrazone groups is 1. The fourth-order valence-electron chi connectivity index (χ4n) is 15.8. The lowest BCUT2D eigenvalue weighted by atomic mass is 10.0. The maximum absolute atomic E-state index is 14.6. The van der Waals surface area contributed by atoms with E-state index >= 15 is 0 Å². The summed E-state index contributed by atoms with van der Waals surface area (Å²) in [7, 11) is 1.84. The smallest absolute Gasteiger partial charge is 0.329 e. The number of hydrazine groups is 1. The first-order chi connectivity index (χ1) is 67.5. The monoisotopic (exact) mass is 1970 g/mol. The second-order valence-corrected chi connectivity index (χ2v) is 33.9. The van der Waals surface area contributed by atoms with E-state index in [1.54, 1.807) is 67.8 Å². The highest BCUT2D eigenvalue weighted by Crippen LogP contribution is 2.30. The average Bonchev–Trinajstić information content (AvgIpc) is 1.66. The number of amides is 9. The van der Waals surface area contributed by atoms with Crippen LogP contribution in [0.5, 0.6) is 0 Å². The van der Waals surface area contributed by atoms with Gasteiger partial charge in [0.25, 0.3) is 11.9 Å². The normalized spacial score (nSPS) is 17.4. The number of nitrogens with two attached hydrogens (primary N) is 4. The fraction of sp³-hybridized carbons (Fsp3) is 0.600. The molecule has 0 bridgehead atoms. The number of carboxylic acid groups (broad SMARTS) is 1. The number of esters is 2. The zero-order valence-electron chi connectivity index (χ0n) is 80.9. The molecule has 0 radical (unpaired) electrons. The Balaban J connectivity index is 0.000000386. The molecule has 17 N–H and O–H groups in total. The largest absolute Gasteiger partial charge is 0.480 e. The summed E-state index contributed by atoms with van der Waals surface area (Å²) in [6, 6.07) is 26.7. The summed E-state index contributed by atoms with van der Waals surface area (Å²) >= 11 is 0. The van der Waals surface area contributed by atoms with Crippen molar-refractivity contribution in [1.29, 1.82) is 0 Å². The van der Waals surface area contributed by atoms with Gasteiger partial charge in [0, 0.05) is 52.4 Å². The number of benzene rings is 4. The molecule has 4 heterocycles. The molecule has 4 aliphatic heterocycles. The molecule has 140 heavy (non-hydrogen) atoms. The van der Waals surface area contributed by atoms with Crippen LogP contribution in [0.4, 0.5) is 0 Å². The first-order valence-corrected chi connectivity index (χ1v) is 48.0. The van der Waals surface area contributed by atoms with Gasteiger partial charge in [0.05, 0.1) is 65.1 Å². The van der Waals surface area contributed by atoms with Crippen LogP contribution in [0, 0.1) is 20.2 Å². The van der Waals surface area contributed by atoms with E-state index in [9.17, 15) is 77.8 Å². The molecule has 9 amide bonds. The Kier molecular flexibility index (Phi) is 54.9. The molecule has 8 rings (SSSR count). The topological polar surface area (TPSA) is 623 Å². The van der Waals surface area contributed by atoms with E-state index in [4.69, 9.17) is 65.9 Å². The minimum absolute atomic E-state index is 0.00224. The number of likely N-dealkylation sites (N-methyl/N-ethyl adjacent to an activating group) is 1. The van der Waals surface area contributed by atoms with Crippen LogP contribution in [0.2, 0.25) is 0 Å². The van der Waals surface area contributed by atoms with E-state index in [0.717, 1.165) is 54.5 Å². The van der Waals surface area contributed by atoms with Crippen molar-refractivity contribution >= 4 is 83.0 Å². The summed E-state index contributed by atoms with van der Waals surface area (Å²) in [5.41, 5.74) is 27.8. The molecule has 0 aliphatic carbocycles. The lowest BCUT2D eigenvalue weighted by Gasteiger charge is -2.34. The predicted molar refractivity (Wildman–Crippen MR) is 514 cm³/mol. The third-order valence-electron chi connectivity index (χ3n) is 23.2. The minimum atomic E-state index is -1.23. The predicted octanol–water partition coefficient (Wildman–Crippen LogP) is 2.61. The number of nitrogens with zero attached hydrogens (tertiary/aromatic N) is 8. The van der Waals surface area contributed by atoms with Gasteiger partial charge < -0.3 is 123 Å². The third-order valence-corrected chi connectivity index (χ3v) is 23.2. The van der Waals surface area contributed by atoms with Crippen LogP contribution >= 0.6 is 0 Å². The highest BCUT2D eigenvalue weighted by atomic mass is 16.7. The van der Waals surface area contributed by atoms with Gasteiger partial charge >= 0.3 is 17.9 Å². The van der Waals surface area contributed by atoms with Crippen molar-refractivity contribution in [2.75, 3.05) is 112 Å². The zero-order chi connectivity index (χ0) is 102. The highest BCUT2D eigenvalue weighted by molar-refractivity contribution is 5.98. The van der Waals surface area contributed by atoms with Gasteiger partial charge in [-0.15, -0.1) is 0 Å². The van der Waals surface area contributed by atoms with Gasteiger partial charge in [-0.2, -0.15) is 0 Å². The number of rotatable bonds is 60. The average molecular weight is 1970 g/mol. The molecule has 0 aromatic heterocycles. The van der Waals surface area contributed by atoms with E-state index in [-0.39, 0.29) is 129 Å². The molecular formula is C95H144N20O25. The molecule has 45 heteroatoms. The van der Waals surface area contributed by atoms with Crippen molar-refractivity contribution in [3.63, 3.8) is 0 Å². The van der Waals surface area contributed by atoms with Crippen molar-refractivity contribution in [3.8, 4) is 0 Å². The molecule has 4 aliphatic rings. The Morgan fingerprint density at radius 3 is 1.34 bits per heavy atom. The number of carbonyl (C=O) groups excluding carboxylic acids is 11. The van der Waals surface area contributed by atoms with Gasteiger partial charge in [-0.05, 0) is 133 Å². The number of nitro groups is 2. The third kappa shape index (κ3) is 43.1. The number of carbonyl (C=O) groups is 12. The van der Waals surface area contributed by atoms with E-state index in [2.05, 4.69) is 47.3 Å². The van der Waals surface area contributed by atoms with Crippen molar-refractivity contribution in [1.82, 2.24) is 62.2 Å². The zero-order valence-corrected chi connectivity index (χ0v) is 80.9. The number of hydrogen-bond acceptors (Lipinski definition) is 28. The summed E-state index contributed by atoms with van der Waals surface area (Å²) in [6.07, 6.45) is 7.82. The Morgan fingerprint density at radius 2 is 0.893 bits per heavy atom. The maximum atomic E-state index is 14.6. The molecule has 0 spiro atoms. The molecule has 12 unspecified atom stereocenters. The summed E-state index contributed by atoms with van der Waals surface area (Å²) < 4.78 is 43.6. The number of hydrogen-bond donors (Lipinski definition) is 13. The van der Waals surface area contributed by atoms with Crippen LogP contribution in [0.3, 0.4) is 0 Å². The minimum Gasteiger partial charge on any atom is -0.480 e. The molecule has 4 saturated heterocycles. The van der Waals surface area contributed by atoms with Crippen LogP contribution in [-0.4, -0.2) is 303 Å². The van der Waals surface area contributed by atoms with Crippen LogP contribution in [0.15, 0.2) is 131 Å². The van der Waals surface area contributed by atoms with Crippen molar-refractivity contribution in [2.45, 2.75) is 255 Å². The lowest BCUT2D eigenvalue weighted by Crippen LogP contribution is -2.60. The standard InChI is InChI=1S/C47H70N10O12.C41H59N9O9.C7H15NO4/c1-3-4-7-19-36(51-43(60)41(33(2)68-30-34-15-8-5-9-16-34)53-40(58)32-67-29-28-66-27-23-48)44(61)56-26-14-22-39(56)45(62)55-25-13-21-38(55)42(59)52-37(20-12-24-50-47(49)54-57(64)65)46(63)69-31-35-17-10-6-11-18-35;1-3-4-7-19-31(45-37(52)35(42)28(2)58-26-29-15-8-5-9-16-29)38(53)49-25-14-22-34(49)39(54)48-24-13-21-33(48)36(51)46-32(20-12-23-44-41(43)47-50(56)57)40(55)59-27-30-17-10-6-11-18-30;1-8-2-3-11-4-5-12-6-7(9)10/h5-6,8-11,15-18,33,36-39,41H,3-4,7,12-14,19-32,48H2,1-2H3,(H,51,60)(H,52,59)(H,53,58)(H3,49,50,54);5-6,8-11,15-18,28,31-35H,3-4,7,12-14,19-27,42H2,1-2H3,(H,45,52)(H,46,51)(H3,43,44,47);8H,2-6H2,1H3,(H,9,10). The number of likely N-dealkylation sites (tertiary alicyclic amines) is 4. The van der Waals surface area contributed by atoms with E-state index in [1.807, 2.05) is 93.7 Å². The van der Waals surface area contributed by atoms with Crippen LogP contribution in [0.25, 0.3) is 0 Å². The number of carboxylic acids is 1. The fourth-order valence-corrected chi connectivity index (χ4v) is 15.8. The van der Waals surface area contributed by atoms with Gasteiger partial charge in [0.1, 0.15) is 91.9 Å². The molecular weight excluding hydrogens is 1820 g/mol. The second kappa shape index (κ2) is 66.2. The van der Waals surface area contributed by atoms with Gasteiger partial charge in [0.2, 0.25) is 53.2 Å². The first-order valence-electron chi connectivity index (χ1n) is 48.0. The molecule has 4 aromatic rings. The quantitative estimate of drug-likeness (QED) is 0.00754. The van der Waals surface area contributed by atoms with Gasteiger partial charge in [-0.25, -0.2) is 39.6 Å². The number of aliphatic carboxylic acids is 1. The van der Waals surface area contributed by atoms with Crippen LogP contribution < -0.4 is 65.6 Å². The molecule has 0 saturated carbocycles. The SMILES string of the molecule is CCCCCC(NC(=O)C(N)C(C)OCc1ccccc1)C(=O)N1CCCC1C(=O)N1CCCC1C(=O)NC(CCCNC(N)=N[N+](=O)[O-])C(=O)OCc1ccccc1.CCCCCC(NC(=O)C(NC(=O)COCCOCCN)C(C)OCc1ccccc1)C(=O)N1CCCC1C(=O)N1CCCC1C(=O)NC(CCCN=C(N)N[N+](=O)[O-])C(=O)OCc1ccccc1.CNCCOCCOCC(=O)O. The molecule has 4 aromatic carbocycles. The first kappa shape index (κ1) is 116. The Hall–Kier alpha value is -12.5. The number of ether oxygens (including phenoxy) is 8. The number of unbranched alkanes of at least 4 members (excludes halogenated alkanes) is 4. The van der Waals surface area contributed by atoms with Crippen LogP contribution in [0.1, 0.15) is 178 Å². The van der Waals surface area contributed by atoms with E-state index in [0.29, 0.717) is 110 Å². The summed E-state index contributed by atoms with van der Waals surface area (Å²) in [5.74, 6) is -7.71. The highest BCUT2D eigenvalue weighted by Gasteiger charge is 2.47. The maximum Gasteiger partial charge on any atom is 0.329 e. The summed E-state index contributed by atoms with van der Waals surface area (Å²) in [5, 5.41) is 50.2. The van der Waals surface area contributed by atoms with E-state index < -0.39 is 154 Å². The molecule has 12 atom stereocenters. The van der Waals surface area contributed by atoms with Crippen molar-refractivity contribution in [2.24, 2.45) is 33.0 Å². The van der Waals surface area contributed by atoms with Gasteiger partial charge in [-0.1, -0.05) is 179 Å². The second-order valence-electron chi connectivity index (χ2n) is 33.9. The molecule has 45 nitrogen and oxygen atoms in total. The Bertz CT molecular complexity index is 4520. The Labute approximate surface area is 816 Å². The summed E-state index contributed by atoms with van der Waals surface area (Å²) in [4.78, 5) is 194. The molecule has 4 fully saturated rings. The lowest BCUT2D eigenvalue weighted by molar-refractivity contribution is -0.525. The van der Waals surface area contributed by atoms with Gasteiger partial charge in [-0.3, -0.25) is 43.2 Å². The molecule has 774 valence electrons.